The average Bonchev–Trinajstić information content (AvgIpc) is 3.20. The van der Waals surface area contributed by atoms with E-state index < -0.39 is 0 Å². The van der Waals surface area contributed by atoms with Crippen LogP contribution >= 0.6 is 0 Å². The zero-order chi connectivity index (χ0) is 19.8. The van der Waals surface area contributed by atoms with E-state index in [1.54, 1.807) is 19.2 Å². The topological polar surface area (TPSA) is 71.7 Å². The predicted molar refractivity (Wildman–Crippen MR) is 107 cm³/mol. The first kappa shape index (κ1) is 19.4. The Hall–Kier alpha value is -3.35. The zero-order valence-electron chi connectivity index (χ0n) is 15.9. The standard InChI is InChI=1S/C21H23FN4O2/c1-15(27-19-10-8-17(22)9-11-19)13-24-21(23-2)25-14-18-12-20(28-26-18)16-6-4-3-5-7-16/h3-12,15H,13-14H2,1-2H3,(H2,23,24,25). The highest BCUT2D eigenvalue weighted by molar-refractivity contribution is 5.79. The minimum atomic E-state index is -0.286. The van der Waals surface area contributed by atoms with Crippen LogP contribution < -0.4 is 15.4 Å². The molecular weight excluding hydrogens is 359 g/mol. The van der Waals surface area contributed by atoms with Gasteiger partial charge in [-0.1, -0.05) is 35.5 Å². The molecule has 2 aromatic carbocycles. The summed E-state index contributed by atoms with van der Waals surface area (Å²) in [5.41, 5.74) is 1.76. The van der Waals surface area contributed by atoms with Gasteiger partial charge in [0.2, 0.25) is 0 Å². The van der Waals surface area contributed by atoms with E-state index in [-0.39, 0.29) is 11.9 Å². The van der Waals surface area contributed by atoms with Crippen molar-refractivity contribution in [2.75, 3.05) is 13.6 Å². The van der Waals surface area contributed by atoms with Gasteiger partial charge >= 0.3 is 0 Å². The van der Waals surface area contributed by atoms with Gasteiger partial charge in [0.15, 0.2) is 11.7 Å². The van der Waals surface area contributed by atoms with Crippen LogP contribution in [0.2, 0.25) is 0 Å². The Morgan fingerprint density at radius 1 is 1.14 bits per heavy atom. The van der Waals surface area contributed by atoms with Crippen molar-refractivity contribution in [2.24, 2.45) is 4.99 Å². The maximum absolute atomic E-state index is 12.9. The SMILES string of the molecule is CN=C(NCc1cc(-c2ccccc2)on1)NCC(C)Oc1ccc(F)cc1. The highest BCUT2D eigenvalue weighted by atomic mass is 19.1. The Bertz CT molecular complexity index is 894. The molecule has 0 aliphatic heterocycles. The monoisotopic (exact) mass is 382 g/mol. The number of guanidine groups is 1. The molecule has 1 unspecified atom stereocenters. The largest absolute Gasteiger partial charge is 0.489 e. The third-order valence-electron chi connectivity index (χ3n) is 3.99. The third kappa shape index (κ3) is 5.57. The summed E-state index contributed by atoms with van der Waals surface area (Å²) in [5, 5.41) is 10.5. The second kappa shape index (κ2) is 9.55. The maximum Gasteiger partial charge on any atom is 0.191 e. The molecule has 1 aromatic heterocycles. The molecule has 3 rings (SSSR count). The van der Waals surface area contributed by atoms with E-state index in [9.17, 15) is 4.39 Å². The number of benzene rings is 2. The van der Waals surface area contributed by atoms with Crippen molar-refractivity contribution in [3.05, 3.63) is 72.2 Å². The van der Waals surface area contributed by atoms with Crippen LogP contribution in [0.5, 0.6) is 5.75 Å². The number of nitrogens with one attached hydrogen (secondary N) is 2. The van der Waals surface area contributed by atoms with Gasteiger partial charge in [-0.15, -0.1) is 0 Å². The summed E-state index contributed by atoms with van der Waals surface area (Å²) in [6.45, 7) is 2.93. The molecule has 1 atom stereocenters. The Morgan fingerprint density at radius 3 is 2.61 bits per heavy atom. The van der Waals surface area contributed by atoms with Crippen molar-refractivity contribution >= 4 is 5.96 Å². The Morgan fingerprint density at radius 2 is 1.89 bits per heavy atom. The molecule has 6 nitrogen and oxygen atoms in total. The van der Waals surface area contributed by atoms with Crippen LogP contribution in [0, 0.1) is 5.82 Å². The molecule has 0 bridgehead atoms. The second-order valence-corrected chi connectivity index (χ2v) is 6.24. The van der Waals surface area contributed by atoms with Gasteiger partial charge in [-0.05, 0) is 31.2 Å². The van der Waals surface area contributed by atoms with Gasteiger partial charge in [-0.3, -0.25) is 4.99 Å². The summed E-state index contributed by atoms with van der Waals surface area (Å²) in [7, 11) is 1.69. The predicted octanol–water partition coefficient (Wildman–Crippen LogP) is 3.61. The lowest BCUT2D eigenvalue weighted by Crippen LogP contribution is -2.41. The Kier molecular flexibility index (Phi) is 6.62. The molecule has 0 radical (unpaired) electrons. The molecule has 146 valence electrons. The van der Waals surface area contributed by atoms with Crippen molar-refractivity contribution in [3.63, 3.8) is 0 Å². The summed E-state index contributed by atoms with van der Waals surface area (Å²) in [5.74, 6) is 1.68. The molecule has 0 aliphatic carbocycles. The van der Waals surface area contributed by atoms with Crippen molar-refractivity contribution in [1.82, 2.24) is 15.8 Å². The summed E-state index contributed by atoms with van der Waals surface area (Å²) < 4.78 is 24.1. The molecule has 0 fully saturated rings. The minimum absolute atomic E-state index is 0.124. The van der Waals surface area contributed by atoms with Crippen molar-refractivity contribution in [1.29, 1.82) is 0 Å². The highest BCUT2D eigenvalue weighted by Gasteiger charge is 2.09. The van der Waals surface area contributed by atoms with Gasteiger partial charge in [0.1, 0.15) is 23.4 Å². The number of rotatable bonds is 7. The van der Waals surface area contributed by atoms with Crippen molar-refractivity contribution in [2.45, 2.75) is 19.6 Å². The fourth-order valence-corrected chi connectivity index (χ4v) is 2.56. The summed E-state index contributed by atoms with van der Waals surface area (Å²) in [4.78, 5) is 4.19. The molecular formula is C21H23FN4O2. The van der Waals surface area contributed by atoms with Crippen LogP contribution in [0.1, 0.15) is 12.6 Å². The van der Waals surface area contributed by atoms with Crippen molar-refractivity contribution in [3.8, 4) is 17.1 Å². The molecule has 28 heavy (non-hydrogen) atoms. The van der Waals surface area contributed by atoms with Gasteiger partial charge in [0.25, 0.3) is 0 Å². The van der Waals surface area contributed by atoms with E-state index in [2.05, 4.69) is 20.8 Å². The van der Waals surface area contributed by atoms with E-state index in [0.717, 1.165) is 17.0 Å². The van der Waals surface area contributed by atoms with Gasteiger partial charge in [-0.25, -0.2) is 4.39 Å². The third-order valence-corrected chi connectivity index (χ3v) is 3.99. The maximum atomic E-state index is 12.9. The van der Waals surface area contributed by atoms with Gasteiger partial charge < -0.3 is 19.9 Å². The first-order valence-electron chi connectivity index (χ1n) is 9.02. The molecule has 0 spiro atoms. The van der Waals surface area contributed by atoms with Crippen molar-refractivity contribution < 1.29 is 13.7 Å². The number of hydrogen-bond donors (Lipinski definition) is 2. The first-order chi connectivity index (χ1) is 13.6. The Balaban J connectivity index is 1.46. The van der Waals surface area contributed by atoms with Crippen LogP contribution in [0.25, 0.3) is 11.3 Å². The second-order valence-electron chi connectivity index (χ2n) is 6.24. The van der Waals surface area contributed by atoms with Gasteiger partial charge in [0, 0.05) is 18.7 Å². The fourth-order valence-electron chi connectivity index (χ4n) is 2.56. The number of hydrogen-bond acceptors (Lipinski definition) is 4. The van der Waals surface area contributed by atoms with E-state index in [4.69, 9.17) is 9.26 Å². The van der Waals surface area contributed by atoms with E-state index in [1.165, 1.54) is 12.1 Å². The number of aromatic nitrogens is 1. The molecule has 0 aliphatic rings. The molecule has 7 heteroatoms. The lowest BCUT2D eigenvalue weighted by molar-refractivity contribution is 0.223. The van der Waals surface area contributed by atoms with Crippen LogP contribution in [0.15, 0.2) is 70.2 Å². The van der Waals surface area contributed by atoms with Gasteiger partial charge in [-0.2, -0.15) is 0 Å². The van der Waals surface area contributed by atoms with E-state index in [0.29, 0.717) is 24.8 Å². The molecule has 2 N–H and O–H groups in total. The first-order valence-corrected chi connectivity index (χ1v) is 9.02. The van der Waals surface area contributed by atoms with E-state index in [1.807, 2.05) is 43.3 Å². The zero-order valence-corrected chi connectivity index (χ0v) is 15.9. The highest BCUT2D eigenvalue weighted by Crippen LogP contribution is 2.19. The molecule has 3 aromatic rings. The molecule has 0 saturated carbocycles. The molecule has 1 heterocycles. The van der Waals surface area contributed by atoms with Crippen LogP contribution in [0.3, 0.4) is 0 Å². The fraction of sp³-hybridized carbons (Fsp3) is 0.238. The molecule has 0 amide bonds. The average molecular weight is 382 g/mol. The minimum Gasteiger partial charge on any atom is -0.489 e. The smallest absolute Gasteiger partial charge is 0.191 e. The summed E-state index contributed by atoms with van der Waals surface area (Å²) in [6.07, 6.45) is -0.124. The number of halogens is 1. The van der Waals surface area contributed by atoms with Gasteiger partial charge in [0.05, 0.1) is 13.1 Å². The lowest BCUT2D eigenvalue weighted by atomic mass is 10.2. The Labute approximate surface area is 163 Å². The van der Waals surface area contributed by atoms with Crippen LogP contribution in [-0.4, -0.2) is 30.8 Å². The van der Waals surface area contributed by atoms with E-state index >= 15 is 0 Å². The van der Waals surface area contributed by atoms with Crippen LogP contribution in [-0.2, 0) is 6.54 Å². The summed E-state index contributed by atoms with van der Waals surface area (Å²) in [6, 6.07) is 17.7. The lowest BCUT2D eigenvalue weighted by Gasteiger charge is -2.17. The van der Waals surface area contributed by atoms with Crippen LogP contribution in [0.4, 0.5) is 4.39 Å². The number of nitrogens with zero attached hydrogens (tertiary/aromatic N) is 2. The quantitative estimate of drug-likeness (QED) is 0.482. The molecule has 0 saturated heterocycles. The number of ether oxygens (including phenoxy) is 1. The normalized spacial score (nSPS) is 12.5. The summed E-state index contributed by atoms with van der Waals surface area (Å²) >= 11 is 0. The number of aliphatic imine (C=N–C) groups is 1.